The summed E-state index contributed by atoms with van der Waals surface area (Å²) in [4.78, 5) is 193. The van der Waals surface area contributed by atoms with E-state index in [1.807, 2.05) is 34.7 Å². The Morgan fingerprint density at radius 1 is 0.569 bits per heavy atom. The van der Waals surface area contributed by atoms with Crippen LogP contribution in [-0.2, 0) is 78.2 Å². The second-order valence-corrected chi connectivity index (χ2v) is 31.0. The second kappa shape index (κ2) is 53.9. The molecule has 1 aromatic rings. The Morgan fingerprint density at radius 2 is 1.08 bits per heavy atom. The number of thioether (sulfide) groups is 1. The average Bonchev–Trinajstić information content (AvgIpc) is 1.13. The van der Waals surface area contributed by atoms with Gasteiger partial charge in [0.1, 0.15) is 54.4 Å². The van der Waals surface area contributed by atoms with Crippen molar-refractivity contribution in [2.75, 3.05) is 122 Å². The number of nitrogens with one attached hydrogen (secondary N) is 14. The molecule has 37 nitrogen and oxygen atoms in total. The molecule has 0 aliphatic carbocycles. The number of ether oxygens (including phenoxy) is 3. The van der Waals surface area contributed by atoms with Crippen LogP contribution in [0.3, 0.4) is 0 Å². The molecule has 0 saturated carbocycles. The molecule has 2 unspecified atom stereocenters. The number of carbonyl (C=O) groups is 12. The first-order valence-electron chi connectivity index (χ1n) is 36.8. The Labute approximate surface area is 649 Å². The Balaban J connectivity index is 1.93. The molecule has 9 atom stereocenters. The SMILES string of the molecule is CNCCOCCOCCOCCNC(=O)[C@@H]1CSCC(=O)N[C@@H](CCCCNC(=O)CCCC(=O)NCCC(CCNC(C)(C)C(C)N=O)CCNC(C)(C)C(C)N=O)C(=O)N[C@H]2CSSC[C@H](NC(=O)[C@H](CC(=O)O)NC(=O)CNC(=O)[C@H](CCCN=C(N)N)NC2=O)C(=O)N[C@@H](Cc2ccccc2)C(=O)N1. The fourth-order valence-electron chi connectivity index (χ4n) is 10.6. The normalized spacial score (nSPS) is 20.7. The molecule has 2 aliphatic heterocycles. The number of unbranched alkanes of at least 4 members (excludes halogenated alkanes) is 1. The highest BCUT2D eigenvalue weighted by atomic mass is 33.1. The number of hydrogen-bond acceptors (Lipinski definition) is 26. The van der Waals surface area contributed by atoms with Gasteiger partial charge < -0.3 is 105 Å². The van der Waals surface area contributed by atoms with Gasteiger partial charge in [-0.05, 0) is 131 Å². The summed E-state index contributed by atoms with van der Waals surface area (Å²) in [5, 5.41) is 55.2. The maximum absolute atomic E-state index is 14.7. The Kier molecular flexibility index (Phi) is 47.1. The van der Waals surface area contributed by atoms with Gasteiger partial charge >= 0.3 is 5.97 Å². The van der Waals surface area contributed by atoms with Crippen molar-refractivity contribution in [1.82, 2.24) is 74.4 Å². The number of carboxylic acids is 1. The van der Waals surface area contributed by atoms with Crippen LogP contribution in [0, 0.1) is 15.7 Å². The molecule has 2 saturated heterocycles. The topological polar surface area (TPSA) is 544 Å². The van der Waals surface area contributed by atoms with E-state index in [2.05, 4.69) is 89.8 Å². The van der Waals surface area contributed by atoms with Gasteiger partial charge in [-0.2, -0.15) is 9.81 Å². The number of fused-ring (bicyclic) bond motifs is 5. The zero-order chi connectivity index (χ0) is 80.6. The van der Waals surface area contributed by atoms with E-state index in [-0.39, 0.29) is 138 Å². The predicted octanol–water partition coefficient (Wildman–Crippen LogP) is -1.80. The molecule has 2 bridgehead atoms. The molecule has 0 spiro atoms. The van der Waals surface area contributed by atoms with E-state index in [0.717, 1.165) is 46.2 Å². The summed E-state index contributed by atoms with van der Waals surface area (Å²) in [6.07, 6.45) is 1.68. The monoisotopic (exact) mass is 1600 g/mol. The summed E-state index contributed by atoms with van der Waals surface area (Å²) in [7, 11) is 3.65. The number of hydrogen-bond donors (Lipinski definition) is 17. The lowest BCUT2D eigenvalue weighted by atomic mass is 9.92. The van der Waals surface area contributed by atoms with Crippen LogP contribution < -0.4 is 85.9 Å². The van der Waals surface area contributed by atoms with E-state index in [9.17, 15) is 72.5 Å². The molecule has 40 heteroatoms. The number of carbonyl (C=O) groups excluding carboxylic acids is 11. The van der Waals surface area contributed by atoms with Crippen molar-refractivity contribution in [2.45, 2.75) is 190 Å². The molecule has 3 rings (SSSR count). The van der Waals surface area contributed by atoms with Crippen molar-refractivity contribution >= 4 is 110 Å². The highest BCUT2D eigenvalue weighted by Crippen LogP contribution is 2.25. The van der Waals surface area contributed by atoms with Gasteiger partial charge in [0, 0.05) is 80.3 Å². The van der Waals surface area contributed by atoms with Crippen LogP contribution in [0.4, 0.5) is 0 Å². The number of rotatable bonds is 45. The zero-order valence-corrected chi connectivity index (χ0v) is 66.1. The number of aliphatic imine (C=N–C) groups is 1. The first-order chi connectivity index (χ1) is 52.0. The third-order valence-corrected chi connectivity index (χ3v) is 21.4. The number of guanidine groups is 1. The number of benzene rings is 1. The maximum Gasteiger partial charge on any atom is 0.305 e. The van der Waals surface area contributed by atoms with Crippen LogP contribution in [0.5, 0.6) is 0 Å². The number of carboxylic acid groups (broad SMARTS) is 1. The number of likely N-dealkylation sites (N-methyl/N-ethyl adjacent to an activating group) is 1. The Bertz CT molecular complexity index is 3040. The predicted molar refractivity (Wildman–Crippen MR) is 416 cm³/mol. The van der Waals surface area contributed by atoms with Crippen LogP contribution in [0.25, 0.3) is 0 Å². The van der Waals surface area contributed by atoms with Crippen molar-refractivity contribution in [1.29, 1.82) is 0 Å². The molecule has 0 aromatic heterocycles. The lowest BCUT2D eigenvalue weighted by molar-refractivity contribution is -0.141. The van der Waals surface area contributed by atoms with Crippen molar-refractivity contribution in [3.05, 3.63) is 45.7 Å². The molecule has 0 radical (unpaired) electrons. The lowest BCUT2D eigenvalue weighted by Gasteiger charge is -2.31. The highest BCUT2D eigenvalue weighted by Gasteiger charge is 2.36. The molecule has 2 heterocycles. The Hall–Kier alpha value is -7.86. The fourth-order valence-corrected chi connectivity index (χ4v) is 13.8. The molecule has 109 heavy (non-hydrogen) atoms. The largest absolute Gasteiger partial charge is 0.481 e. The quantitative estimate of drug-likeness (QED) is 0.0113. The zero-order valence-electron chi connectivity index (χ0n) is 63.7. The molecule has 11 amide bonds. The van der Waals surface area contributed by atoms with Gasteiger partial charge in [-0.25, -0.2) is 0 Å². The molecule has 1 aromatic carbocycles. The van der Waals surface area contributed by atoms with Gasteiger partial charge in [-0.3, -0.25) is 62.5 Å². The summed E-state index contributed by atoms with van der Waals surface area (Å²) in [6, 6.07) is -3.04. The van der Waals surface area contributed by atoms with Gasteiger partial charge in [-0.15, -0.1) is 11.8 Å². The minimum absolute atomic E-state index is 0.000876. The van der Waals surface area contributed by atoms with Gasteiger partial charge in [0.2, 0.25) is 65.0 Å². The molecule has 19 N–H and O–H groups in total. The number of nitroso groups, excluding NO2 is 2. The van der Waals surface area contributed by atoms with E-state index in [0.29, 0.717) is 58.0 Å². The molecular weight excluding hydrogens is 1480 g/mol. The smallest absolute Gasteiger partial charge is 0.305 e. The van der Waals surface area contributed by atoms with Crippen LogP contribution in [0.2, 0.25) is 0 Å². The number of aliphatic carboxylic acids is 1. The van der Waals surface area contributed by atoms with Crippen LogP contribution in [0.15, 0.2) is 45.7 Å². The van der Waals surface area contributed by atoms with Crippen molar-refractivity contribution in [2.24, 2.45) is 32.7 Å². The maximum atomic E-state index is 14.7. The standard InChI is InChI=1S/C69H117N19O18S3/c1-44(87-102)68(3,4)78-27-22-46(23-28-79-69(5,6)45(2)88-103)21-26-74-56(90)20-13-19-55(89)73-24-12-11-17-49-62(97)85-53-41-108-109-42-54(86-64(99)51(38-59(93)94)81-57(91)39-77-60(95)48(82-65(53)100)18-14-25-76-67(70)71)66(101)83-50(37-47-15-9-8-10-16-47)63(98)84-52(40-107-43-58(92)80-49)61(96)75-30-32-105-34-36-106-35-33-104-31-29-72-7/h8-10,15-16,44-46,48-54,72,78-79H,11-14,17-43H2,1-7H3,(H,73,89)(H,74,90)(H,75,96)(H,77,95)(H,80,92)(H,81,91)(H,82,100)(H,83,101)(H,84,98)(H,85,97)(H,86,99)(H,93,94)(H4,70,71,76)/t44?,45?,46?,48-,49-,50-,51-,52-,53-,54-/m0/s1. The number of nitrogens with zero attached hydrogens (tertiary/aromatic N) is 3. The Morgan fingerprint density at radius 3 is 1.65 bits per heavy atom. The van der Waals surface area contributed by atoms with Crippen molar-refractivity contribution in [3.63, 3.8) is 0 Å². The molecule has 2 fully saturated rings. The van der Waals surface area contributed by atoms with Gasteiger partial charge in [0.15, 0.2) is 5.96 Å². The number of nitrogens with two attached hydrogens (primary N) is 2. The minimum atomic E-state index is -1.83. The molecule has 2 aliphatic rings. The molecule has 614 valence electrons. The van der Waals surface area contributed by atoms with Crippen molar-refractivity contribution < 1.29 is 76.9 Å². The van der Waals surface area contributed by atoms with Gasteiger partial charge in [0.05, 0.1) is 58.4 Å². The van der Waals surface area contributed by atoms with E-state index < -0.39 is 143 Å². The van der Waals surface area contributed by atoms with E-state index >= 15 is 0 Å². The van der Waals surface area contributed by atoms with Crippen molar-refractivity contribution in [3.8, 4) is 0 Å². The molecular formula is C69H117N19O18S3. The van der Waals surface area contributed by atoms with E-state index in [1.165, 1.54) is 0 Å². The first kappa shape index (κ1) is 95.3. The third kappa shape index (κ3) is 41.1. The van der Waals surface area contributed by atoms with Crippen LogP contribution in [0.1, 0.15) is 124 Å². The average molecular weight is 1600 g/mol. The summed E-state index contributed by atoms with van der Waals surface area (Å²) in [6.45, 7) is 14.3. The summed E-state index contributed by atoms with van der Waals surface area (Å²) in [5.41, 5.74) is 10.6. The van der Waals surface area contributed by atoms with Gasteiger partial charge in [0.25, 0.3) is 0 Å². The summed E-state index contributed by atoms with van der Waals surface area (Å²) >= 11 is 0.910. The van der Waals surface area contributed by atoms with Crippen LogP contribution >= 0.6 is 33.3 Å². The lowest BCUT2D eigenvalue weighted by Crippen LogP contribution is -2.60. The minimum Gasteiger partial charge on any atom is -0.481 e. The summed E-state index contributed by atoms with van der Waals surface area (Å²) in [5.74, 6) is -11.6. The first-order valence-corrected chi connectivity index (χ1v) is 40.5. The van der Waals surface area contributed by atoms with E-state index in [1.54, 1.807) is 44.2 Å². The highest BCUT2D eigenvalue weighted by molar-refractivity contribution is 8.76. The second-order valence-electron chi connectivity index (χ2n) is 27.5. The van der Waals surface area contributed by atoms with E-state index in [4.69, 9.17) is 25.7 Å². The van der Waals surface area contributed by atoms with Gasteiger partial charge in [-0.1, -0.05) is 62.3 Å². The van der Waals surface area contributed by atoms with Crippen LogP contribution in [-0.4, -0.2) is 270 Å². The third-order valence-electron chi connectivity index (χ3n) is 18.0. The number of amides is 11. The fraction of sp³-hybridized carbons (Fsp3) is 0.725. The summed E-state index contributed by atoms with van der Waals surface area (Å²) < 4.78 is 16.6.